The molecule has 0 aromatic rings. The van der Waals surface area contributed by atoms with E-state index in [2.05, 4.69) is 41.5 Å². The Morgan fingerprint density at radius 1 is 0.276 bits per heavy atom. The first-order valence-electron chi connectivity index (χ1n) is 41.0. The molecule has 0 spiro atoms. The molecule has 0 rings (SSSR count). The number of phosphoric acid groups is 2. The van der Waals surface area contributed by atoms with Crippen LogP contribution in [0.2, 0.25) is 0 Å². The number of esters is 4. The van der Waals surface area contributed by atoms with Gasteiger partial charge in [0, 0.05) is 25.7 Å². The molecule has 0 saturated heterocycles. The van der Waals surface area contributed by atoms with Gasteiger partial charge in [0.25, 0.3) is 0 Å². The van der Waals surface area contributed by atoms with Crippen LogP contribution in [0.3, 0.4) is 0 Å². The van der Waals surface area contributed by atoms with Crippen LogP contribution in [-0.2, 0) is 65.4 Å². The third-order valence-corrected chi connectivity index (χ3v) is 20.4. The van der Waals surface area contributed by atoms with E-state index in [4.69, 9.17) is 37.0 Å². The van der Waals surface area contributed by atoms with Gasteiger partial charge in [0.05, 0.1) is 26.4 Å². The van der Waals surface area contributed by atoms with Gasteiger partial charge in [-0.25, -0.2) is 9.13 Å². The van der Waals surface area contributed by atoms with Gasteiger partial charge in [-0.1, -0.05) is 363 Å². The molecule has 19 heteroatoms. The molecule has 0 fully saturated rings. The van der Waals surface area contributed by atoms with Crippen molar-refractivity contribution in [2.24, 2.45) is 11.8 Å². The number of carbonyl (C=O) groups excluding carboxylic acids is 4. The van der Waals surface area contributed by atoms with Crippen LogP contribution in [0.25, 0.3) is 0 Å². The van der Waals surface area contributed by atoms with Crippen LogP contribution in [0.4, 0.5) is 0 Å². The highest BCUT2D eigenvalue weighted by Gasteiger charge is 2.30. The van der Waals surface area contributed by atoms with Gasteiger partial charge in [-0.05, 0) is 37.5 Å². The average Bonchev–Trinajstić information content (AvgIpc) is 1.26. The Morgan fingerprint density at radius 2 is 0.469 bits per heavy atom. The maximum absolute atomic E-state index is 13.1. The molecular formula is C79H154O17P2. The van der Waals surface area contributed by atoms with E-state index >= 15 is 0 Å². The summed E-state index contributed by atoms with van der Waals surface area (Å²) in [6.45, 7) is 9.58. The molecule has 17 nitrogen and oxygen atoms in total. The van der Waals surface area contributed by atoms with E-state index in [0.29, 0.717) is 25.7 Å². The van der Waals surface area contributed by atoms with Gasteiger partial charge in [0.1, 0.15) is 19.3 Å². The van der Waals surface area contributed by atoms with Crippen molar-refractivity contribution in [3.63, 3.8) is 0 Å². The summed E-state index contributed by atoms with van der Waals surface area (Å²) in [4.78, 5) is 72.9. The van der Waals surface area contributed by atoms with Crippen LogP contribution in [-0.4, -0.2) is 96.7 Å². The average molecular weight is 1440 g/mol. The van der Waals surface area contributed by atoms with Crippen LogP contribution >= 0.6 is 15.6 Å². The number of hydrogen-bond donors (Lipinski definition) is 3. The second-order valence-corrected chi connectivity index (χ2v) is 32.3. The van der Waals surface area contributed by atoms with E-state index < -0.39 is 97.5 Å². The molecule has 98 heavy (non-hydrogen) atoms. The van der Waals surface area contributed by atoms with E-state index in [1.54, 1.807) is 0 Å². The van der Waals surface area contributed by atoms with Crippen LogP contribution in [0.15, 0.2) is 0 Å². The molecule has 0 aliphatic carbocycles. The number of hydrogen-bond acceptors (Lipinski definition) is 15. The van der Waals surface area contributed by atoms with Gasteiger partial charge in [-0.3, -0.25) is 37.3 Å². The van der Waals surface area contributed by atoms with Gasteiger partial charge < -0.3 is 33.8 Å². The lowest BCUT2D eigenvalue weighted by atomic mass is 10.0. The summed E-state index contributed by atoms with van der Waals surface area (Å²) < 4.78 is 68.6. The second-order valence-electron chi connectivity index (χ2n) is 29.4. The summed E-state index contributed by atoms with van der Waals surface area (Å²) in [7, 11) is -9.91. The van der Waals surface area contributed by atoms with Crippen molar-refractivity contribution in [1.82, 2.24) is 0 Å². The fraction of sp³-hybridized carbons (Fsp3) is 0.949. The topological polar surface area (TPSA) is 237 Å². The minimum atomic E-state index is -4.96. The van der Waals surface area contributed by atoms with E-state index in [9.17, 15) is 43.2 Å². The Kier molecular flexibility index (Phi) is 69.3. The number of carbonyl (C=O) groups is 4. The number of aliphatic hydroxyl groups is 1. The first-order valence-corrected chi connectivity index (χ1v) is 44.0. The Balaban J connectivity index is 5.20. The molecule has 0 aromatic carbocycles. The van der Waals surface area contributed by atoms with Gasteiger partial charge in [-0.15, -0.1) is 0 Å². The largest absolute Gasteiger partial charge is 0.472 e. The van der Waals surface area contributed by atoms with Crippen LogP contribution in [0.5, 0.6) is 0 Å². The summed E-state index contributed by atoms with van der Waals surface area (Å²) >= 11 is 0. The predicted molar refractivity (Wildman–Crippen MR) is 400 cm³/mol. The summed E-state index contributed by atoms with van der Waals surface area (Å²) in [5, 5.41) is 10.6. The molecule has 5 atom stereocenters. The normalized spacial score (nSPS) is 13.9. The van der Waals surface area contributed by atoms with Crippen LogP contribution < -0.4 is 0 Å². The molecule has 0 aromatic heterocycles. The second kappa shape index (κ2) is 70.7. The van der Waals surface area contributed by atoms with Gasteiger partial charge in [-0.2, -0.15) is 0 Å². The fourth-order valence-corrected chi connectivity index (χ4v) is 13.8. The molecule has 2 unspecified atom stereocenters. The molecule has 0 aliphatic rings. The SMILES string of the molecule is CCCCCCCCCCCCCCCCCCCCCCCC(=O)O[C@H](COC(=O)CCCCCCCCCCCCCCCC(C)C)COP(=O)(O)OC[C@@H](O)COP(=O)(O)OC[C@@H](COC(=O)CCCCCCCCCCCC)OC(=O)CCCCCCCCCCC(C)C. The lowest BCUT2D eigenvalue weighted by Gasteiger charge is -2.21. The van der Waals surface area contributed by atoms with Crippen molar-refractivity contribution in [2.75, 3.05) is 39.6 Å². The molecule has 0 aliphatic heterocycles. The van der Waals surface area contributed by atoms with Gasteiger partial charge in [0.2, 0.25) is 0 Å². The molecule has 0 amide bonds. The zero-order chi connectivity index (χ0) is 72.1. The highest BCUT2D eigenvalue weighted by molar-refractivity contribution is 7.47. The fourth-order valence-electron chi connectivity index (χ4n) is 12.2. The third-order valence-electron chi connectivity index (χ3n) is 18.5. The van der Waals surface area contributed by atoms with Crippen molar-refractivity contribution in [3.05, 3.63) is 0 Å². The monoisotopic (exact) mass is 1440 g/mol. The van der Waals surface area contributed by atoms with Crippen molar-refractivity contribution >= 4 is 39.5 Å². The van der Waals surface area contributed by atoms with E-state index in [0.717, 1.165) is 102 Å². The van der Waals surface area contributed by atoms with Gasteiger partial charge >= 0.3 is 39.5 Å². The molecule has 0 saturated carbocycles. The zero-order valence-corrected chi connectivity index (χ0v) is 65.9. The quantitative estimate of drug-likeness (QED) is 0.0222. The lowest BCUT2D eigenvalue weighted by molar-refractivity contribution is -0.161. The van der Waals surface area contributed by atoms with Crippen molar-refractivity contribution in [3.8, 4) is 0 Å². The number of ether oxygens (including phenoxy) is 4. The first-order chi connectivity index (χ1) is 47.4. The van der Waals surface area contributed by atoms with Crippen LogP contribution in [0, 0.1) is 11.8 Å². The minimum absolute atomic E-state index is 0.105. The van der Waals surface area contributed by atoms with Gasteiger partial charge in [0.15, 0.2) is 12.2 Å². The van der Waals surface area contributed by atoms with Crippen molar-refractivity contribution < 1.29 is 80.2 Å². The highest BCUT2D eigenvalue weighted by atomic mass is 31.2. The van der Waals surface area contributed by atoms with Crippen molar-refractivity contribution in [2.45, 2.75) is 432 Å². The van der Waals surface area contributed by atoms with E-state index in [-0.39, 0.29) is 25.7 Å². The Morgan fingerprint density at radius 3 is 0.694 bits per heavy atom. The maximum Gasteiger partial charge on any atom is 0.472 e. The highest BCUT2D eigenvalue weighted by Crippen LogP contribution is 2.45. The molecule has 0 heterocycles. The summed E-state index contributed by atoms with van der Waals surface area (Å²) in [5.41, 5.74) is 0. The number of aliphatic hydroxyl groups excluding tert-OH is 1. The maximum atomic E-state index is 13.1. The molecule has 0 bridgehead atoms. The van der Waals surface area contributed by atoms with Crippen molar-refractivity contribution in [1.29, 1.82) is 0 Å². The Bertz CT molecular complexity index is 1890. The van der Waals surface area contributed by atoms with Crippen LogP contribution in [0.1, 0.15) is 414 Å². The smallest absolute Gasteiger partial charge is 0.462 e. The Hall–Kier alpha value is -1.94. The lowest BCUT2D eigenvalue weighted by Crippen LogP contribution is -2.30. The summed E-state index contributed by atoms with van der Waals surface area (Å²) in [6.07, 6.45) is 59.8. The minimum Gasteiger partial charge on any atom is -0.462 e. The van der Waals surface area contributed by atoms with E-state index in [1.807, 2.05) is 0 Å². The third kappa shape index (κ3) is 72.4. The number of rotatable bonds is 78. The Labute approximate surface area is 600 Å². The number of unbranched alkanes of at least 4 members (excludes halogenated alkanes) is 48. The summed E-state index contributed by atoms with van der Waals surface area (Å²) in [5.74, 6) is -0.605. The van der Waals surface area contributed by atoms with E-state index in [1.165, 1.54) is 231 Å². The molecule has 582 valence electrons. The summed E-state index contributed by atoms with van der Waals surface area (Å²) in [6, 6.07) is 0. The zero-order valence-electron chi connectivity index (χ0n) is 64.1. The molecule has 3 N–H and O–H groups in total. The first kappa shape index (κ1) is 96.1. The molecular weight excluding hydrogens is 1280 g/mol. The standard InChI is InChI=1S/C79H154O17P2/c1-7-9-11-13-15-17-19-20-21-22-23-24-25-26-27-30-34-38-45-51-57-63-78(83)95-74(67-90-77(82)62-56-50-44-37-33-31-28-29-32-35-41-47-53-59-71(3)4)69-93-97(85,86)91-65-73(80)66-92-98(87,88)94-70-75(68-89-76(81)61-55-49-43-36-18-16-14-12-10-8-2)96-79(84)64-58-52-46-40-39-42-48-54-60-72(5)6/h71-75,80H,7-70H2,1-6H3,(H,85,86)(H,87,88)/t73-,74-,75-/m1/s1. The number of phosphoric ester groups is 2. The molecule has 0 radical (unpaired) electrons. The predicted octanol–water partition coefficient (Wildman–Crippen LogP) is 23.5.